The number of aliphatic hydroxyl groups is 1. The summed E-state index contributed by atoms with van der Waals surface area (Å²) in [7, 11) is 0. The van der Waals surface area contributed by atoms with Gasteiger partial charge in [-0.25, -0.2) is 0 Å². The molecule has 1 aromatic rings. The minimum Gasteiger partial charge on any atom is -0.397 e. The van der Waals surface area contributed by atoms with Gasteiger partial charge in [0, 0.05) is 0 Å². The second kappa shape index (κ2) is 5.38. The van der Waals surface area contributed by atoms with E-state index in [1.165, 1.54) is 0 Å². The Balaban J connectivity index is 2.94. The van der Waals surface area contributed by atoms with Crippen molar-refractivity contribution < 1.29 is 9.90 Å². The third-order valence-corrected chi connectivity index (χ3v) is 3.17. The molecule has 1 amide bonds. The number of para-hydroxylation sites is 1. The summed E-state index contributed by atoms with van der Waals surface area (Å²) in [4.78, 5) is 12.0. The van der Waals surface area contributed by atoms with Crippen molar-refractivity contribution >= 4 is 23.2 Å². The van der Waals surface area contributed by atoms with Gasteiger partial charge in [-0.15, -0.1) is 0 Å². The van der Waals surface area contributed by atoms with Crippen molar-refractivity contribution in [2.24, 2.45) is 0 Å². The molecule has 1 aromatic carbocycles. The van der Waals surface area contributed by atoms with E-state index < -0.39 is 5.54 Å². The van der Waals surface area contributed by atoms with Crippen molar-refractivity contribution in [2.75, 3.05) is 12.3 Å². The summed E-state index contributed by atoms with van der Waals surface area (Å²) in [6, 6.07) is 4.89. The van der Waals surface area contributed by atoms with Crippen LogP contribution >= 0.6 is 11.6 Å². The average Bonchev–Trinajstić information content (AvgIpc) is 2.32. The monoisotopic (exact) mass is 256 g/mol. The Morgan fingerprint density at radius 3 is 2.76 bits per heavy atom. The van der Waals surface area contributed by atoms with Crippen molar-refractivity contribution in [1.29, 1.82) is 0 Å². The average molecular weight is 257 g/mol. The molecule has 1 rings (SSSR count). The number of benzene rings is 1. The van der Waals surface area contributed by atoms with Crippen LogP contribution in [0.3, 0.4) is 0 Å². The summed E-state index contributed by atoms with van der Waals surface area (Å²) in [6.45, 7) is 3.53. The molecule has 0 saturated carbocycles. The third kappa shape index (κ3) is 3.11. The number of carbonyl (C=O) groups is 1. The minimum absolute atomic E-state index is 0.129. The van der Waals surface area contributed by atoms with Gasteiger partial charge in [-0.2, -0.15) is 0 Å². The Labute approximate surface area is 106 Å². The Morgan fingerprint density at radius 2 is 2.24 bits per heavy atom. The molecule has 0 fully saturated rings. The maximum Gasteiger partial charge on any atom is 0.253 e. The van der Waals surface area contributed by atoms with E-state index >= 15 is 0 Å². The van der Waals surface area contributed by atoms with E-state index in [1.54, 1.807) is 25.1 Å². The van der Waals surface area contributed by atoms with Crippen LogP contribution in [0.1, 0.15) is 30.6 Å². The first kappa shape index (κ1) is 13.8. The number of anilines is 1. The lowest BCUT2D eigenvalue weighted by Gasteiger charge is -2.27. The molecular weight excluding hydrogens is 240 g/mol. The van der Waals surface area contributed by atoms with Crippen LogP contribution in [0.5, 0.6) is 0 Å². The fourth-order valence-electron chi connectivity index (χ4n) is 1.32. The number of rotatable bonds is 4. The van der Waals surface area contributed by atoms with Gasteiger partial charge >= 0.3 is 0 Å². The lowest BCUT2D eigenvalue weighted by Crippen LogP contribution is -2.48. The Hall–Kier alpha value is -1.26. The Bertz CT molecular complexity index is 417. The maximum absolute atomic E-state index is 12.0. The van der Waals surface area contributed by atoms with E-state index in [9.17, 15) is 9.90 Å². The van der Waals surface area contributed by atoms with E-state index in [2.05, 4.69) is 5.32 Å². The molecule has 0 radical (unpaired) electrons. The van der Waals surface area contributed by atoms with Crippen molar-refractivity contribution in [3.8, 4) is 0 Å². The molecule has 5 heteroatoms. The number of nitrogens with one attached hydrogen (secondary N) is 1. The SMILES string of the molecule is CCC(C)(CO)NC(=O)c1cccc(Cl)c1N. The molecule has 94 valence electrons. The van der Waals surface area contributed by atoms with Gasteiger partial charge in [0.2, 0.25) is 0 Å². The molecule has 0 heterocycles. The number of amides is 1. The topological polar surface area (TPSA) is 75.3 Å². The second-order valence-electron chi connectivity index (χ2n) is 4.23. The predicted octanol–water partition coefficient (Wildman–Crippen LogP) is 1.81. The molecule has 0 aliphatic carbocycles. The molecular formula is C12H17ClN2O2. The molecule has 0 aromatic heterocycles. The maximum atomic E-state index is 12.0. The lowest BCUT2D eigenvalue weighted by atomic mass is 9.99. The fraction of sp³-hybridized carbons (Fsp3) is 0.417. The number of hydrogen-bond acceptors (Lipinski definition) is 3. The quantitative estimate of drug-likeness (QED) is 0.720. The first-order chi connectivity index (χ1) is 7.93. The van der Waals surface area contributed by atoms with Gasteiger partial charge in [0.25, 0.3) is 5.91 Å². The standard InChI is InChI=1S/C12H17ClN2O2/c1-3-12(2,7-16)15-11(17)8-5-4-6-9(13)10(8)14/h4-6,16H,3,7,14H2,1-2H3,(H,15,17). The van der Waals surface area contributed by atoms with E-state index in [0.29, 0.717) is 17.0 Å². The smallest absolute Gasteiger partial charge is 0.253 e. The number of halogens is 1. The van der Waals surface area contributed by atoms with Crippen LogP contribution in [0.15, 0.2) is 18.2 Å². The second-order valence-corrected chi connectivity index (χ2v) is 4.63. The van der Waals surface area contributed by atoms with Gasteiger partial charge in [-0.05, 0) is 25.5 Å². The highest BCUT2D eigenvalue weighted by molar-refractivity contribution is 6.33. The molecule has 17 heavy (non-hydrogen) atoms. The molecule has 1 unspecified atom stereocenters. The van der Waals surface area contributed by atoms with Crippen LogP contribution in [0, 0.1) is 0 Å². The van der Waals surface area contributed by atoms with E-state index in [0.717, 1.165) is 0 Å². The molecule has 0 spiro atoms. The Morgan fingerprint density at radius 1 is 1.59 bits per heavy atom. The van der Waals surface area contributed by atoms with Gasteiger partial charge in [-0.3, -0.25) is 4.79 Å². The van der Waals surface area contributed by atoms with Crippen molar-refractivity contribution in [2.45, 2.75) is 25.8 Å². The van der Waals surface area contributed by atoms with Crippen LogP contribution < -0.4 is 11.1 Å². The summed E-state index contributed by atoms with van der Waals surface area (Å²) in [5.41, 5.74) is 5.66. The van der Waals surface area contributed by atoms with Crippen LogP contribution in [0.2, 0.25) is 5.02 Å². The molecule has 0 bridgehead atoms. The van der Waals surface area contributed by atoms with Gasteiger partial charge in [-0.1, -0.05) is 24.6 Å². The third-order valence-electron chi connectivity index (χ3n) is 2.84. The molecule has 4 nitrogen and oxygen atoms in total. The Kier molecular flexibility index (Phi) is 4.37. The summed E-state index contributed by atoms with van der Waals surface area (Å²) in [6.07, 6.45) is 0.621. The van der Waals surface area contributed by atoms with E-state index in [1.807, 2.05) is 6.92 Å². The van der Waals surface area contributed by atoms with Crippen LogP contribution in [-0.4, -0.2) is 23.2 Å². The number of carbonyl (C=O) groups excluding carboxylic acids is 1. The van der Waals surface area contributed by atoms with Gasteiger partial charge < -0.3 is 16.2 Å². The predicted molar refractivity (Wildman–Crippen MR) is 69.1 cm³/mol. The number of hydrogen-bond donors (Lipinski definition) is 3. The van der Waals surface area contributed by atoms with Crippen molar-refractivity contribution in [1.82, 2.24) is 5.32 Å². The molecule has 4 N–H and O–H groups in total. The number of nitrogens with two attached hydrogens (primary N) is 1. The largest absolute Gasteiger partial charge is 0.397 e. The summed E-state index contributed by atoms with van der Waals surface area (Å²) < 4.78 is 0. The first-order valence-corrected chi connectivity index (χ1v) is 5.78. The highest BCUT2D eigenvalue weighted by Gasteiger charge is 2.24. The molecule has 0 aliphatic heterocycles. The van der Waals surface area contributed by atoms with Crippen LogP contribution in [-0.2, 0) is 0 Å². The fourth-order valence-corrected chi connectivity index (χ4v) is 1.49. The van der Waals surface area contributed by atoms with E-state index in [4.69, 9.17) is 17.3 Å². The van der Waals surface area contributed by atoms with Gasteiger partial charge in [0.1, 0.15) is 0 Å². The van der Waals surface area contributed by atoms with Gasteiger partial charge in [0.05, 0.1) is 28.4 Å². The zero-order chi connectivity index (χ0) is 13.1. The molecule has 0 saturated heterocycles. The zero-order valence-corrected chi connectivity index (χ0v) is 10.7. The molecule has 1 atom stereocenters. The first-order valence-electron chi connectivity index (χ1n) is 5.41. The lowest BCUT2D eigenvalue weighted by molar-refractivity contribution is 0.0848. The molecule has 0 aliphatic rings. The summed E-state index contributed by atoms with van der Waals surface area (Å²) in [5.74, 6) is -0.330. The number of nitrogen functional groups attached to an aromatic ring is 1. The van der Waals surface area contributed by atoms with Crippen LogP contribution in [0.4, 0.5) is 5.69 Å². The minimum atomic E-state index is -0.647. The number of aliphatic hydroxyl groups excluding tert-OH is 1. The van der Waals surface area contributed by atoms with Gasteiger partial charge in [0.15, 0.2) is 0 Å². The van der Waals surface area contributed by atoms with E-state index in [-0.39, 0.29) is 18.2 Å². The van der Waals surface area contributed by atoms with Crippen molar-refractivity contribution in [3.05, 3.63) is 28.8 Å². The normalized spacial score (nSPS) is 14.1. The van der Waals surface area contributed by atoms with Crippen LogP contribution in [0.25, 0.3) is 0 Å². The summed E-state index contributed by atoms with van der Waals surface area (Å²) in [5, 5.41) is 12.3. The summed E-state index contributed by atoms with van der Waals surface area (Å²) >= 11 is 5.84. The highest BCUT2D eigenvalue weighted by atomic mass is 35.5. The zero-order valence-electron chi connectivity index (χ0n) is 9.96. The van der Waals surface area contributed by atoms with Crippen molar-refractivity contribution in [3.63, 3.8) is 0 Å². The highest BCUT2D eigenvalue weighted by Crippen LogP contribution is 2.23.